The van der Waals surface area contributed by atoms with Gasteiger partial charge in [-0.15, -0.1) is 0 Å². The average Bonchev–Trinajstić information content (AvgIpc) is 2.90. The van der Waals surface area contributed by atoms with Crippen molar-refractivity contribution in [3.8, 4) is 5.75 Å². The van der Waals surface area contributed by atoms with Crippen LogP contribution in [0, 0.1) is 0 Å². The predicted molar refractivity (Wildman–Crippen MR) is 144 cm³/mol. The van der Waals surface area contributed by atoms with E-state index in [1.165, 1.54) is 17.0 Å². The Morgan fingerprint density at radius 2 is 1.51 bits per heavy atom. The van der Waals surface area contributed by atoms with Crippen LogP contribution in [0.3, 0.4) is 0 Å². The molecule has 0 aromatic heterocycles. The summed E-state index contributed by atoms with van der Waals surface area (Å²) in [5.41, 5.74) is 1.09. The van der Waals surface area contributed by atoms with E-state index >= 15 is 0 Å². The molecule has 3 rings (SSSR count). The van der Waals surface area contributed by atoms with Gasteiger partial charge < -0.3 is 15.0 Å². The van der Waals surface area contributed by atoms with Gasteiger partial charge in [0.2, 0.25) is 11.8 Å². The van der Waals surface area contributed by atoms with Gasteiger partial charge in [0.15, 0.2) is 0 Å². The first-order valence-corrected chi connectivity index (χ1v) is 13.4. The molecule has 0 fully saturated rings. The molecule has 0 aliphatic carbocycles. The lowest BCUT2D eigenvalue weighted by Crippen LogP contribution is -2.52. The number of hydrogen-bond acceptors (Lipinski definition) is 5. The normalized spacial score (nSPS) is 12.0. The number of anilines is 1. The number of para-hydroxylation sites is 1. The van der Waals surface area contributed by atoms with Crippen LogP contribution in [0.5, 0.6) is 5.75 Å². The molecule has 9 heteroatoms. The minimum atomic E-state index is -4.07. The zero-order valence-corrected chi connectivity index (χ0v) is 22.3. The maximum absolute atomic E-state index is 13.8. The quantitative estimate of drug-likeness (QED) is 0.412. The van der Waals surface area contributed by atoms with Crippen LogP contribution < -0.4 is 14.4 Å². The molecule has 3 aromatic rings. The Balaban J connectivity index is 2.00. The van der Waals surface area contributed by atoms with E-state index in [0.717, 1.165) is 9.87 Å². The van der Waals surface area contributed by atoms with Gasteiger partial charge in [0.25, 0.3) is 10.0 Å². The lowest BCUT2D eigenvalue weighted by Gasteiger charge is -2.32. The first-order valence-electron chi connectivity index (χ1n) is 12.0. The number of hydrogen-bond donors (Lipinski definition) is 1. The van der Waals surface area contributed by atoms with Crippen LogP contribution in [0.4, 0.5) is 5.69 Å². The maximum atomic E-state index is 13.8. The highest BCUT2D eigenvalue weighted by atomic mass is 32.2. The van der Waals surface area contributed by atoms with Crippen molar-refractivity contribution in [2.75, 3.05) is 18.0 Å². The standard InChI is InChI=1S/C28H33N3O5S/c1-21(2)29-28(33)22(3)30(19-23-12-11-15-25(18-23)36-4)27(32)20-31(24-13-7-5-8-14-24)37(34,35)26-16-9-6-10-17-26/h5-18,21-22H,19-20H2,1-4H3,(H,29,33)/t22-/m0/s1. The third kappa shape index (κ3) is 7.10. The number of methoxy groups -OCH3 is 1. The minimum absolute atomic E-state index is 0.0663. The SMILES string of the molecule is COc1cccc(CN(C(=O)CN(c2ccccc2)S(=O)(=O)c2ccccc2)[C@@H](C)C(=O)NC(C)C)c1. The summed E-state index contributed by atoms with van der Waals surface area (Å²) in [6.07, 6.45) is 0. The molecule has 0 heterocycles. The number of nitrogens with zero attached hydrogens (tertiary/aromatic N) is 2. The Labute approximate surface area is 218 Å². The van der Waals surface area contributed by atoms with Gasteiger partial charge in [0, 0.05) is 12.6 Å². The van der Waals surface area contributed by atoms with Gasteiger partial charge in [-0.1, -0.05) is 48.5 Å². The first-order chi connectivity index (χ1) is 17.6. The molecule has 0 aliphatic heterocycles. The fourth-order valence-corrected chi connectivity index (χ4v) is 5.23. The van der Waals surface area contributed by atoms with Crippen LogP contribution in [0.15, 0.2) is 89.8 Å². The molecular weight excluding hydrogens is 490 g/mol. The fourth-order valence-electron chi connectivity index (χ4n) is 3.80. The molecule has 0 bridgehead atoms. The Hall–Kier alpha value is -3.85. The number of nitrogens with one attached hydrogen (secondary N) is 1. The average molecular weight is 524 g/mol. The van der Waals surface area contributed by atoms with Crippen molar-refractivity contribution in [1.82, 2.24) is 10.2 Å². The number of rotatable bonds is 11. The van der Waals surface area contributed by atoms with E-state index in [1.807, 2.05) is 19.9 Å². The molecule has 37 heavy (non-hydrogen) atoms. The van der Waals surface area contributed by atoms with Gasteiger partial charge in [-0.3, -0.25) is 13.9 Å². The van der Waals surface area contributed by atoms with Crippen LogP contribution in [0.1, 0.15) is 26.3 Å². The molecule has 0 saturated carbocycles. The van der Waals surface area contributed by atoms with Crippen LogP contribution in [-0.2, 0) is 26.2 Å². The molecule has 2 amide bonds. The number of benzene rings is 3. The van der Waals surface area contributed by atoms with Gasteiger partial charge in [-0.25, -0.2) is 8.42 Å². The summed E-state index contributed by atoms with van der Waals surface area (Å²) in [6.45, 7) is 4.92. The van der Waals surface area contributed by atoms with Crippen molar-refractivity contribution in [2.45, 2.75) is 44.3 Å². The zero-order valence-electron chi connectivity index (χ0n) is 21.5. The van der Waals surface area contributed by atoms with E-state index in [0.29, 0.717) is 11.4 Å². The summed E-state index contributed by atoms with van der Waals surface area (Å²) in [5.74, 6) is -0.234. The van der Waals surface area contributed by atoms with E-state index in [-0.39, 0.29) is 23.4 Å². The van der Waals surface area contributed by atoms with Crippen molar-refractivity contribution in [3.05, 3.63) is 90.5 Å². The predicted octanol–water partition coefficient (Wildman–Crippen LogP) is 3.83. The number of carbonyl (C=O) groups excluding carboxylic acids is 2. The fraction of sp³-hybridized carbons (Fsp3) is 0.286. The summed E-state index contributed by atoms with van der Waals surface area (Å²) in [4.78, 5) is 28.2. The third-order valence-electron chi connectivity index (χ3n) is 5.74. The Morgan fingerprint density at radius 3 is 2.11 bits per heavy atom. The lowest BCUT2D eigenvalue weighted by molar-refractivity contribution is -0.139. The number of sulfonamides is 1. The summed E-state index contributed by atoms with van der Waals surface area (Å²) in [7, 11) is -2.52. The smallest absolute Gasteiger partial charge is 0.264 e. The number of amides is 2. The number of carbonyl (C=O) groups is 2. The Kier molecular flexibility index (Phi) is 9.30. The molecule has 0 unspecified atom stereocenters. The second-order valence-electron chi connectivity index (χ2n) is 8.87. The van der Waals surface area contributed by atoms with Crippen molar-refractivity contribution in [2.24, 2.45) is 0 Å². The van der Waals surface area contributed by atoms with Gasteiger partial charge in [-0.05, 0) is 62.7 Å². The minimum Gasteiger partial charge on any atom is -0.497 e. The second kappa shape index (κ2) is 12.4. The van der Waals surface area contributed by atoms with Crippen LogP contribution in [0.25, 0.3) is 0 Å². The maximum Gasteiger partial charge on any atom is 0.264 e. The lowest BCUT2D eigenvalue weighted by atomic mass is 10.1. The Morgan fingerprint density at radius 1 is 0.892 bits per heavy atom. The van der Waals surface area contributed by atoms with Crippen LogP contribution in [-0.4, -0.2) is 50.9 Å². The highest BCUT2D eigenvalue weighted by Gasteiger charge is 2.32. The van der Waals surface area contributed by atoms with Crippen LogP contribution >= 0.6 is 0 Å². The summed E-state index contributed by atoms with van der Waals surface area (Å²) >= 11 is 0. The number of ether oxygens (including phenoxy) is 1. The van der Waals surface area contributed by atoms with E-state index in [2.05, 4.69) is 5.32 Å². The molecule has 1 N–H and O–H groups in total. The molecule has 0 aliphatic rings. The van der Waals surface area contributed by atoms with Gasteiger partial charge in [0.05, 0.1) is 17.7 Å². The first kappa shape index (κ1) is 27.7. The summed E-state index contributed by atoms with van der Waals surface area (Å²) in [5, 5.41) is 2.84. The monoisotopic (exact) mass is 523 g/mol. The van der Waals surface area contributed by atoms with Crippen molar-refractivity contribution >= 4 is 27.5 Å². The van der Waals surface area contributed by atoms with E-state index < -0.39 is 28.5 Å². The molecule has 0 saturated heterocycles. The van der Waals surface area contributed by atoms with Gasteiger partial charge >= 0.3 is 0 Å². The van der Waals surface area contributed by atoms with Crippen LogP contribution in [0.2, 0.25) is 0 Å². The molecule has 0 radical (unpaired) electrons. The third-order valence-corrected chi connectivity index (χ3v) is 7.53. The highest BCUT2D eigenvalue weighted by Crippen LogP contribution is 2.24. The largest absolute Gasteiger partial charge is 0.497 e. The van der Waals surface area contributed by atoms with Crippen molar-refractivity contribution in [1.29, 1.82) is 0 Å². The molecule has 3 aromatic carbocycles. The Bertz CT molecular complexity index is 1300. The molecule has 1 atom stereocenters. The zero-order chi connectivity index (χ0) is 27.0. The van der Waals surface area contributed by atoms with Crippen molar-refractivity contribution in [3.63, 3.8) is 0 Å². The highest BCUT2D eigenvalue weighted by molar-refractivity contribution is 7.92. The van der Waals surface area contributed by atoms with E-state index in [1.54, 1.807) is 80.8 Å². The van der Waals surface area contributed by atoms with Gasteiger partial charge in [0.1, 0.15) is 18.3 Å². The summed E-state index contributed by atoms with van der Waals surface area (Å²) in [6, 6.07) is 22.6. The van der Waals surface area contributed by atoms with E-state index in [4.69, 9.17) is 4.74 Å². The topological polar surface area (TPSA) is 96.0 Å². The van der Waals surface area contributed by atoms with Gasteiger partial charge in [-0.2, -0.15) is 0 Å². The molecular formula is C28H33N3O5S. The molecule has 0 spiro atoms. The second-order valence-corrected chi connectivity index (χ2v) is 10.7. The molecule has 8 nitrogen and oxygen atoms in total. The summed E-state index contributed by atoms with van der Waals surface area (Å²) < 4.78 is 33.7. The van der Waals surface area contributed by atoms with E-state index in [9.17, 15) is 18.0 Å². The molecule has 196 valence electrons. The van der Waals surface area contributed by atoms with Crippen molar-refractivity contribution < 1.29 is 22.7 Å².